The normalized spacial score (nSPS) is 11.2. The second-order valence-corrected chi connectivity index (χ2v) is 5.03. The number of rotatable bonds is 5. The molecule has 0 aromatic heterocycles. The lowest BCUT2D eigenvalue weighted by Gasteiger charge is -2.21. The zero-order valence-electron chi connectivity index (χ0n) is 11.2. The Balaban J connectivity index is 2.77. The van der Waals surface area contributed by atoms with Gasteiger partial charge < -0.3 is 15.8 Å². The Morgan fingerprint density at radius 1 is 1.53 bits per heavy atom. The van der Waals surface area contributed by atoms with Crippen LogP contribution in [0.15, 0.2) is 18.2 Å². The van der Waals surface area contributed by atoms with Crippen LogP contribution < -0.4 is 11.1 Å². The van der Waals surface area contributed by atoms with E-state index in [9.17, 15) is 4.79 Å². The first-order chi connectivity index (χ1) is 8.77. The lowest BCUT2D eigenvalue weighted by Crippen LogP contribution is -2.43. The lowest BCUT2D eigenvalue weighted by atomic mass is 10.1. The van der Waals surface area contributed by atoms with Crippen LogP contribution in [0.5, 0.6) is 0 Å². The van der Waals surface area contributed by atoms with Crippen molar-refractivity contribution >= 4 is 23.3 Å². The summed E-state index contributed by atoms with van der Waals surface area (Å²) in [5.41, 5.74) is 5.82. The van der Waals surface area contributed by atoms with Crippen molar-refractivity contribution < 1.29 is 9.53 Å². The average Bonchev–Trinajstić information content (AvgIpc) is 2.36. The molecule has 5 nitrogen and oxygen atoms in total. The predicted molar refractivity (Wildman–Crippen MR) is 75.4 cm³/mol. The lowest BCUT2D eigenvalue weighted by molar-refractivity contribution is -0.139. The van der Waals surface area contributed by atoms with E-state index in [2.05, 4.69) is 5.32 Å². The van der Waals surface area contributed by atoms with Crippen molar-refractivity contribution in [2.75, 3.05) is 7.11 Å². The van der Waals surface area contributed by atoms with E-state index in [4.69, 9.17) is 27.5 Å². The molecular formula is C13H18ClN3O2. The number of ether oxygens (including phenoxy) is 1. The van der Waals surface area contributed by atoms with Gasteiger partial charge in [-0.15, -0.1) is 0 Å². The van der Waals surface area contributed by atoms with E-state index in [0.29, 0.717) is 17.1 Å². The molecule has 0 saturated carbocycles. The second-order valence-electron chi connectivity index (χ2n) is 4.62. The summed E-state index contributed by atoms with van der Waals surface area (Å²) in [6.45, 7) is 3.69. The van der Waals surface area contributed by atoms with Gasteiger partial charge in [0, 0.05) is 19.2 Å². The first-order valence-electron chi connectivity index (χ1n) is 5.74. The number of carbonyl (C=O) groups excluding carboxylic acids is 1. The van der Waals surface area contributed by atoms with Crippen molar-refractivity contribution in [3.8, 4) is 0 Å². The van der Waals surface area contributed by atoms with Gasteiger partial charge in [0.05, 0.1) is 5.02 Å². The molecule has 1 rings (SSSR count). The molecule has 1 aromatic carbocycles. The third-order valence-corrected chi connectivity index (χ3v) is 3.16. The number of hydrogen-bond donors (Lipinski definition) is 3. The van der Waals surface area contributed by atoms with Gasteiger partial charge in [-0.2, -0.15) is 0 Å². The molecule has 0 saturated heterocycles. The Bertz CT molecular complexity index is 501. The van der Waals surface area contributed by atoms with Gasteiger partial charge in [0.2, 0.25) is 0 Å². The van der Waals surface area contributed by atoms with Crippen molar-refractivity contribution in [1.29, 1.82) is 5.41 Å². The standard InChI is InChI=1S/C13H18ClN3O2/c1-13(2,19-3)12(18)17-7-8-4-5-10(14)9(6-8)11(15)16/h4-6H,7H2,1-3H3,(H3,15,16)(H,17,18). The highest BCUT2D eigenvalue weighted by Crippen LogP contribution is 2.17. The molecule has 0 unspecified atom stereocenters. The maximum Gasteiger partial charge on any atom is 0.251 e. The van der Waals surface area contributed by atoms with E-state index in [1.807, 2.05) is 0 Å². The molecule has 4 N–H and O–H groups in total. The minimum Gasteiger partial charge on any atom is -0.384 e. The van der Waals surface area contributed by atoms with Crippen LogP contribution in [0.1, 0.15) is 25.0 Å². The number of carbonyl (C=O) groups is 1. The maximum absolute atomic E-state index is 11.8. The van der Waals surface area contributed by atoms with Crippen molar-refractivity contribution in [2.24, 2.45) is 5.73 Å². The largest absolute Gasteiger partial charge is 0.384 e. The molecular weight excluding hydrogens is 266 g/mol. The monoisotopic (exact) mass is 283 g/mol. The number of amides is 1. The number of methoxy groups -OCH3 is 1. The zero-order chi connectivity index (χ0) is 14.6. The number of nitrogens with one attached hydrogen (secondary N) is 2. The Labute approximate surface area is 117 Å². The van der Waals surface area contributed by atoms with Crippen LogP contribution in [-0.2, 0) is 16.1 Å². The Hall–Kier alpha value is -1.59. The maximum atomic E-state index is 11.8. The van der Waals surface area contributed by atoms with Crippen molar-refractivity contribution in [1.82, 2.24) is 5.32 Å². The third-order valence-electron chi connectivity index (χ3n) is 2.83. The van der Waals surface area contributed by atoms with Gasteiger partial charge in [-0.1, -0.05) is 17.7 Å². The summed E-state index contributed by atoms with van der Waals surface area (Å²) in [5.74, 6) is -0.315. The highest BCUT2D eigenvalue weighted by Gasteiger charge is 2.26. The summed E-state index contributed by atoms with van der Waals surface area (Å²) in [6, 6.07) is 5.11. The molecule has 19 heavy (non-hydrogen) atoms. The van der Waals surface area contributed by atoms with Crippen LogP contribution in [0.4, 0.5) is 0 Å². The predicted octanol–water partition coefficient (Wildman–Crippen LogP) is 1.67. The molecule has 0 atom stereocenters. The minimum atomic E-state index is -0.879. The number of nitrogen functional groups attached to an aromatic ring is 1. The van der Waals surface area contributed by atoms with Gasteiger partial charge in [0.15, 0.2) is 0 Å². The third kappa shape index (κ3) is 3.94. The Kier molecular flexibility index (Phi) is 4.91. The number of halogens is 1. The topological polar surface area (TPSA) is 88.2 Å². The fraction of sp³-hybridized carbons (Fsp3) is 0.385. The van der Waals surface area contributed by atoms with E-state index in [1.165, 1.54) is 7.11 Å². The highest BCUT2D eigenvalue weighted by atomic mass is 35.5. The fourth-order valence-electron chi connectivity index (χ4n) is 1.38. The van der Waals surface area contributed by atoms with Crippen LogP contribution >= 0.6 is 11.6 Å². The van der Waals surface area contributed by atoms with Gasteiger partial charge in [-0.3, -0.25) is 10.2 Å². The van der Waals surface area contributed by atoms with Gasteiger partial charge in [0.25, 0.3) is 5.91 Å². The van der Waals surface area contributed by atoms with E-state index >= 15 is 0 Å². The Morgan fingerprint density at radius 2 is 2.16 bits per heavy atom. The molecule has 0 heterocycles. The van der Waals surface area contributed by atoms with Crippen molar-refractivity contribution in [3.63, 3.8) is 0 Å². The fourth-order valence-corrected chi connectivity index (χ4v) is 1.60. The number of benzene rings is 1. The molecule has 0 aliphatic carbocycles. The van der Waals surface area contributed by atoms with E-state index in [-0.39, 0.29) is 11.7 Å². The quantitative estimate of drug-likeness (QED) is 0.567. The van der Waals surface area contributed by atoms with Gasteiger partial charge in [-0.05, 0) is 31.5 Å². The van der Waals surface area contributed by atoms with Crippen LogP contribution in [0.3, 0.4) is 0 Å². The first-order valence-corrected chi connectivity index (χ1v) is 6.12. The molecule has 1 amide bonds. The van der Waals surface area contributed by atoms with Gasteiger partial charge in [-0.25, -0.2) is 0 Å². The summed E-state index contributed by atoms with van der Waals surface area (Å²) in [6.07, 6.45) is 0. The molecule has 6 heteroatoms. The molecule has 0 bridgehead atoms. The second kappa shape index (κ2) is 6.04. The molecule has 0 spiro atoms. The Morgan fingerprint density at radius 3 is 2.68 bits per heavy atom. The van der Waals surface area contributed by atoms with Crippen molar-refractivity contribution in [2.45, 2.75) is 26.0 Å². The summed E-state index contributed by atoms with van der Waals surface area (Å²) >= 11 is 5.92. The van der Waals surface area contributed by atoms with Crippen LogP contribution in [0, 0.1) is 5.41 Å². The molecule has 0 aliphatic heterocycles. The van der Waals surface area contributed by atoms with Crippen LogP contribution in [0.25, 0.3) is 0 Å². The molecule has 0 aliphatic rings. The van der Waals surface area contributed by atoms with Crippen LogP contribution in [0.2, 0.25) is 5.02 Å². The SMILES string of the molecule is COC(C)(C)C(=O)NCc1ccc(Cl)c(C(=N)N)c1. The summed E-state index contributed by atoms with van der Waals surface area (Å²) in [4.78, 5) is 11.8. The number of nitrogens with two attached hydrogens (primary N) is 1. The number of hydrogen-bond acceptors (Lipinski definition) is 3. The molecule has 1 aromatic rings. The van der Waals surface area contributed by atoms with E-state index in [0.717, 1.165) is 5.56 Å². The zero-order valence-corrected chi connectivity index (χ0v) is 12.0. The van der Waals surface area contributed by atoms with E-state index < -0.39 is 5.60 Å². The minimum absolute atomic E-state index is 0.101. The average molecular weight is 284 g/mol. The molecule has 0 radical (unpaired) electrons. The molecule has 0 fully saturated rings. The smallest absolute Gasteiger partial charge is 0.251 e. The molecule has 104 valence electrons. The summed E-state index contributed by atoms with van der Waals surface area (Å²) in [5, 5.41) is 10.6. The number of amidine groups is 1. The summed E-state index contributed by atoms with van der Waals surface area (Å²) < 4.78 is 5.08. The van der Waals surface area contributed by atoms with Crippen LogP contribution in [-0.4, -0.2) is 24.5 Å². The van der Waals surface area contributed by atoms with Gasteiger partial charge >= 0.3 is 0 Å². The first kappa shape index (κ1) is 15.5. The van der Waals surface area contributed by atoms with Crippen molar-refractivity contribution in [3.05, 3.63) is 34.3 Å². The highest BCUT2D eigenvalue weighted by molar-refractivity contribution is 6.33. The van der Waals surface area contributed by atoms with E-state index in [1.54, 1.807) is 32.0 Å². The summed E-state index contributed by atoms with van der Waals surface area (Å²) in [7, 11) is 1.48. The van der Waals surface area contributed by atoms with Gasteiger partial charge in [0.1, 0.15) is 11.4 Å².